The molecule has 122 valence electrons. The van der Waals surface area contributed by atoms with Crippen LogP contribution in [0.2, 0.25) is 0 Å². The van der Waals surface area contributed by atoms with E-state index in [1.54, 1.807) is 0 Å². The van der Waals surface area contributed by atoms with Crippen molar-refractivity contribution in [1.82, 2.24) is 10.2 Å². The quantitative estimate of drug-likeness (QED) is 0.506. The van der Waals surface area contributed by atoms with Crippen molar-refractivity contribution < 1.29 is 9.53 Å². The summed E-state index contributed by atoms with van der Waals surface area (Å²) in [7, 11) is 0. The fraction of sp³-hybridized carbons (Fsp3) is 0.500. The summed E-state index contributed by atoms with van der Waals surface area (Å²) < 4.78 is 5.29. The molecule has 6 heteroatoms. The summed E-state index contributed by atoms with van der Waals surface area (Å²) in [6.45, 7) is 5.34. The molecule has 0 unspecified atom stereocenters. The van der Waals surface area contributed by atoms with Gasteiger partial charge >= 0.3 is 0 Å². The lowest BCUT2D eigenvalue weighted by molar-refractivity contribution is -0.118. The van der Waals surface area contributed by atoms with Crippen molar-refractivity contribution in [3.05, 3.63) is 35.9 Å². The Labute approximate surface area is 137 Å². The van der Waals surface area contributed by atoms with E-state index < -0.39 is 0 Å². The summed E-state index contributed by atoms with van der Waals surface area (Å²) >= 11 is 5.43. The van der Waals surface area contributed by atoms with Crippen LogP contribution in [-0.2, 0) is 16.1 Å². The third-order valence-electron chi connectivity index (χ3n) is 3.08. The standard InChI is InChI=1S/C16H25N3O2S/c1-2-21-12-6-10-18-16(22)19(11-9-15(17)20)13-14-7-4-3-5-8-14/h3-5,7-8H,2,6,9-13H2,1H3,(H2,17,20)(H,18,22). The van der Waals surface area contributed by atoms with Crippen molar-refractivity contribution in [2.75, 3.05) is 26.3 Å². The van der Waals surface area contributed by atoms with Crippen LogP contribution in [0.4, 0.5) is 0 Å². The molecule has 1 aromatic rings. The molecule has 0 aliphatic rings. The zero-order chi connectivity index (χ0) is 16.2. The first-order chi connectivity index (χ1) is 10.6. The number of nitrogens with two attached hydrogens (primary N) is 1. The maximum Gasteiger partial charge on any atom is 0.219 e. The van der Waals surface area contributed by atoms with Gasteiger partial charge in [-0.15, -0.1) is 0 Å². The summed E-state index contributed by atoms with van der Waals surface area (Å²) in [5.41, 5.74) is 6.39. The van der Waals surface area contributed by atoms with E-state index in [-0.39, 0.29) is 12.3 Å². The van der Waals surface area contributed by atoms with Crippen LogP contribution in [0.3, 0.4) is 0 Å². The van der Waals surface area contributed by atoms with E-state index in [9.17, 15) is 4.79 Å². The van der Waals surface area contributed by atoms with Gasteiger partial charge in [-0.2, -0.15) is 0 Å². The fourth-order valence-corrected chi connectivity index (χ4v) is 2.18. The predicted molar refractivity (Wildman–Crippen MR) is 92.4 cm³/mol. The van der Waals surface area contributed by atoms with Crippen molar-refractivity contribution >= 4 is 23.2 Å². The molecule has 0 spiro atoms. The number of amides is 1. The van der Waals surface area contributed by atoms with Gasteiger partial charge in [-0.05, 0) is 31.1 Å². The van der Waals surface area contributed by atoms with E-state index in [0.717, 1.165) is 25.1 Å². The number of nitrogens with one attached hydrogen (secondary N) is 1. The highest BCUT2D eigenvalue weighted by atomic mass is 32.1. The van der Waals surface area contributed by atoms with Crippen LogP contribution in [0, 0.1) is 0 Å². The Morgan fingerprint density at radius 1 is 1.36 bits per heavy atom. The number of primary amides is 1. The Hall–Kier alpha value is -1.66. The Morgan fingerprint density at radius 2 is 2.09 bits per heavy atom. The summed E-state index contributed by atoms with van der Waals surface area (Å²) in [5, 5.41) is 3.85. The molecule has 1 rings (SSSR count). The van der Waals surface area contributed by atoms with Crippen LogP contribution in [0.15, 0.2) is 30.3 Å². The molecular weight excluding hydrogens is 298 g/mol. The monoisotopic (exact) mass is 323 g/mol. The number of rotatable bonds is 10. The molecule has 1 aromatic carbocycles. The number of carbonyl (C=O) groups excluding carboxylic acids is 1. The maximum atomic E-state index is 11.0. The van der Waals surface area contributed by atoms with Gasteiger partial charge in [-0.1, -0.05) is 30.3 Å². The molecule has 3 N–H and O–H groups in total. The van der Waals surface area contributed by atoms with Gasteiger partial charge in [0.15, 0.2) is 5.11 Å². The van der Waals surface area contributed by atoms with Crippen LogP contribution in [-0.4, -0.2) is 42.2 Å². The second-order valence-electron chi connectivity index (χ2n) is 4.91. The molecule has 5 nitrogen and oxygen atoms in total. The average Bonchev–Trinajstić information content (AvgIpc) is 2.51. The highest BCUT2D eigenvalue weighted by Crippen LogP contribution is 2.05. The van der Waals surface area contributed by atoms with E-state index in [4.69, 9.17) is 22.7 Å². The second-order valence-corrected chi connectivity index (χ2v) is 5.29. The molecule has 22 heavy (non-hydrogen) atoms. The number of nitrogens with zero attached hydrogens (tertiary/aromatic N) is 1. The first-order valence-corrected chi connectivity index (χ1v) is 7.97. The fourth-order valence-electron chi connectivity index (χ4n) is 1.93. The lowest BCUT2D eigenvalue weighted by Crippen LogP contribution is -2.41. The zero-order valence-corrected chi connectivity index (χ0v) is 13.9. The first kappa shape index (κ1) is 18.4. The second kappa shape index (κ2) is 11.0. The summed E-state index contributed by atoms with van der Waals surface area (Å²) in [6, 6.07) is 10.0. The van der Waals surface area contributed by atoms with Crippen LogP contribution < -0.4 is 11.1 Å². The predicted octanol–water partition coefficient (Wildman–Crippen LogP) is 1.67. The Kier molecular flexibility index (Phi) is 9.18. The minimum atomic E-state index is -0.322. The van der Waals surface area contributed by atoms with Crippen molar-refractivity contribution in [3.8, 4) is 0 Å². The third-order valence-corrected chi connectivity index (χ3v) is 3.48. The number of benzene rings is 1. The molecule has 0 radical (unpaired) electrons. The van der Waals surface area contributed by atoms with Gasteiger partial charge in [0.05, 0.1) is 0 Å². The average molecular weight is 323 g/mol. The number of carbonyl (C=O) groups is 1. The molecule has 0 saturated heterocycles. The van der Waals surface area contributed by atoms with E-state index in [1.165, 1.54) is 0 Å². The first-order valence-electron chi connectivity index (χ1n) is 7.56. The van der Waals surface area contributed by atoms with Crippen LogP contribution in [0.1, 0.15) is 25.3 Å². The van der Waals surface area contributed by atoms with Crippen molar-refractivity contribution in [2.45, 2.75) is 26.3 Å². The number of ether oxygens (including phenoxy) is 1. The molecule has 0 bridgehead atoms. The summed E-state index contributed by atoms with van der Waals surface area (Å²) in [4.78, 5) is 13.0. The SMILES string of the molecule is CCOCCCNC(=S)N(CCC(N)=O)Cc1ccccc1. The smallest absolute Gasteiger partial charge is 0.219 e. The topological polar surface area (TPSA) is 67.6 Å². The van der Waals surface area contributed by atoms with Gasteiger partial charge in [-0.25, -0.2) is 0 Å². The molecule has 0 aromatic heterocycles. The molecular formula is C16H25N3O2S. The van der Waals surface area contributed by atoms with E-state index in [1.807, 2.05) is 42.2 Å². The Bertz CT molecular complexity index is 454. The summed E-state index contributed by atoms with van der Waals surface area (Å²) in [6.07, 6.45) is 1.18. The third kappa shape index (κ3) is 7.95. The van der Waals surface area contributed by atoms with E-state index in [2.05, 4.69) is 5.32 Å². The molecule has 0 saturated carbocycles. The van der Waals surface area contributed by atoms with Gasteiger partial charge in [0, 0.05) is 39.3 Å². The minimum Gasteiger partial charge on any atom is -0.382 e. The normalized spacial score (nSPS) is 10.2. The molecule has 0 heterocycles. The zero-order valence-electron chi connectivity index (χ0n) is 13.1. The van der Waals surface area contributed by atoms with Gasteiger partial charge in [0.1, 0.15) is 0 Å². The highest BCUT2D eigenvalue weighted by molar-refractivity contribution is 7.80. The van der Waals surface area contributed by atoms with E-state index in [0.29, 0.717) is 24.8 Å². The van der Waals surface area contributed by atoms with Crippen molar-refractivity contribution in [2.24, 2.45) is 5.73 Å². The van der Waals surface area contributed by atoms with E-state index >= 15 is 0 Å². The van der Waals surface area contributed by atoms with Crippen LogP contribution >= 0.6 is 12.2 Å². The molecule has 0 fully saturated rings. The Morgan fingerprint density at radius 3 is 2.73 bits per heavy atom. The van der Waals surface area contributed by atoms with Crippen molar-refractivity contribution in [1.29, 1.82) is 0 Å². The Balaban J connectivity index is 2.49. The lowest BCUT2D eigenvalue weighted by Gasteiger charge is -2.25. The van der Waals surface area contributed by atoms with Crippen molar-refractivity contribution in [3.63, 3.8) is 0 Å². The van der Waals surface area contributed by atoms with Gasteiger partial charge in [0.25, 0.3) is 0 Å². The number of thiocarbonyl (C=S) groups is 1. The number of hydrogen-bond acceptors (Lipinski definition) is 3. The molecule has 0 atom stereocenters. The minimum absolute atomic E-state index is 0.285. The molecule has 0 aliphatic heterocycles. The molecule has 0 aliphatic carbocycles. The summed E-state index contributed by atoms with van der Waals surface area (Å²) in [5.74, 6) is -0.322. The number of hydrogen-bond donors (Lipinski definition) is 2. The lowest BCUT2D eigenvalue weighted by atomic mass is 10.2. The van der Waals surface area contributed by atoms with Crippen LogP contribution in [0.25, 0.3) is 0 Å². The molecule has 1 amide bonds. The highest BCUT2D eigenvalue weighted by Gasteiger charge is 2.11. The van der Waals surface area contributed by atoms with Gasteiger partial charge in [-0.3, -0.25) is 4.79 Å². The van der Waals surface area contributed by atoms with Gasteiger partial charge < -0.3 is 20.7 Å². The van der Waals surface area contributed by atoms with Gasteiger partial charge in [0.2, 0.25) is 5.91 Å². The largest absolute Gasteiger partial charge is 0.382 e. The maximum absolute atomic E-state index is 11.0. The van der Waals surface area contributed by atoms with Crippen LogP contribution in [0.5, 0.6) is 0 Å².